The van der Waals surface area contributed by atoms with Gasteiger partial charge in [0.2, 0.25) is 0 Å². The number of amides is 2. The van der Waals surface area contributed by atoms with Crippen LogP contribution in [0.4, 0.5) is 0 Å². The summed E-state index contributed by atoms with van der Waals surface area (Å²) in [6, 6.07) is 20.1. The minimum atomic E-state index is -0.427. The maximum atomic E-state index is 12.9. The topological polar surface area (TPSA) is 67.9 Å². The molecule has 0 aromatic heterocycles. The zero-order valence-corrected chi connectivity index (χ0v) is 23.1. The zero-order valence-electron chi connectivity index (χ0n) is 18.3. The lowest BCUT2D eigenvalue weighted by atomic mass is 10.2. The third-order valence-corrected chi connectivity index (χ3v) is 7.21. The summed E-state index contributed by atoms with van der Waals surface area (Å²) in [5, 5.41) is 1.09. The SMILES string of the molecule is COc1cc(/C=C2/SC(=S)N(NC(=O)c3ccc(Br)cc3)C2=O)ccc1OCc1cccc(Br)c1. The lowest BCUT2D eigenvalue weighted by Gasteiger charge is -2.15. The summed E-state index contributed by atoms with van der Waals surface area (Å²) in [5.74, 6) is 0.287. The number of hydrogen-bond donors (Lipinski definition) is 1. The number of thiocarbonyl (C=S) groups is 1. The van der Waals surface area contributed by atoms with Crippen molar-refractivity contribution in [3.05, 3.63) is 97.3 Å². The largest absolute Gasteiger partial charge is 0.493 e. The average Bonchev–Trinajstić information content (AvgIpc) is 3.10. The number of benzene rings is 3. The molecule has 1 aliphatic rings. The Bertz CT molecular complexity index is 1330. The van der Waals surface area contributed by atoms with Crippen molar-refractivity contribution >= 4 is 78.1 Å². The number of hydrogen-bond acceptors (Lipinski definition) is 6. The monoisotopic (exact) mass is 632 g/mol. The van der Waals surface area contributed by atoms with E-state index in [4.69, 9.17) is 21.7 Å². The number of nitrogens with one attached hydrogen (secondary N) is 1. The standard InChI is InChI=1S/C25H18Br2N2O4S2/c1-32-21-12-15(5-10-20(21)33-14-16-3-2-4-19(27)11-16)13-22-24(31)29(25(34)35-22)28-23(30)17-6-8-18(26)9-7-17/h2-13H,14H2,1H3,(H,28,30)/b22-13+. The number of carbonyl (C=O) groups is 2. The van der Waals surface area contributed by atoms with Crippen LogP contribution in [0, 0.1) is 0 Å². The molecule has 0 atom stereocenters. The molecule has 1 heterocycles. The molecule has 1 aliphatic heterocycles. The normalized spacial score (nSPS) is 14.4. The Balaban J connectivity index is 1.46. The van der Waals surface area contributed by atoms with E-state index in [2.05, 4.69) is 37.3 Å². The first kappa shape index (κ1) is 25.4. The summed E-state index contributed by atoms with van der Waals surface area (Å²) in [7, 11) is 1.56. The van der Waals surface area contributed by atoms with Gasteiger partial charge in [0, 0.05) is 14.5 Å². The molecule has 35 heavy (non-hydrogen) atoms. The highest BCUT2D eigenvalue weighted by molar-refractivity contribution is 9.10. The maximum absolute atomic E-state index is 12.9. The van der Waals surface area contributed by atoms with Crippen molar-refractivity contribution in [2.75, 3.05) is 7.11 Å². The predicted octanol–water partition coefficient (Wildman–Crippen LogP) is 6.35. The van der Waals surface area contributed by atoms with E-state index in [1.165, 1.54) is 0 Å². The fourth-order valence-electron chi connectivity index (χ4n) is 3.16. The molecule has 10 heteroatoms. The molecule has 0 saturated carbocycles. The molecule has 0 radical (unpaired) electrons. The van der Waals surface area contributed by atoms with E-state index >= 15 is 0 Å². The molecule has 1 saturated heterocycles. The van der Waals surface area contributed by atoms with Crippen molar-refractivity contribution in [2.45, 2.75) is 6.61 Å². The Kier molecular flexibility index (Phi) is 8.27. The van der Waals surface area contributed by atoms with E-state index < -0.39 is 11.8 Å². The van der Waals surface area contributed by atoms with Crippen LogP contribution >= 0.6 is 55.8 Å². The summed E-state index contributed by atoms with van der Waals surface area (Å²) in [6.07, 6.45) is 1.70. The van der Waals surface area contributed by atoms with E-state index in [1.54, 1.807) is 49.6 Å². The van der Waals surface area contributed by atoms with Crippen molar-refractivity contribution in [1.29, 1.82) is 0 Å². The molecular formula is C25H18Br2N2O4S2. The van der Waals surface area contributed by atoms with Gasteiger partial charge < -0.3 is 9.47 Å². The molecule has 2 amide bonds. The highest BCUT2D eigenvalue weighted by atomic mass is 79.9. The van der Waals surface area contributed by atoms with E-state index in [9.17, 15) is 9.59 Å². The van der Waals surface area contributed by atoms with Gasteiger partial charge in [-0.1, -0.05) is 61.8 Å². The third-order valence-electron chi connectivity index (χ3n) is 4.88. The quantitative estimate of drug-likeness (QED) is 0.242. The zero-order chi connectivity index (χ0) is 24.9. The Morgan fingerprint density at radius 1 is 1.06 bits per heavy atom. The number of rotatable bonds is 7. The number of methoxy groups -OCH3 is 1. The van der Waals surface area contributed by atoms with E-state index in [0.29, 0.717) is 28.6 Å². The fraction of sp³-hybridized carbons (Fsp3) is 0.0800. The van der Waals surface area contributed by atoms with Crippen LogP contribution in [-0.2, 0) is 11.4 Å². The molecule has 3 aromatic carbocycles. The number of thioether (sulfide) groups is 1. The van der Waals surface area contributed by atoms with Gasteiger partial charge in [-0.05, 0) is 78.0 Å². The van der Waals surface area contributed by atoms with Crippen molar-refractivity contribution in [3.63, 3.8) is 0 Å². The lowest BCUT2D eigenvalue weighted by molar-refractivity contribution is -0.123. The van der Waals surface area contributed by atoms with Crippen LogP contribution in [0.1, 0.15) is 21.5 Å². The predicted molar refractivity (Wildman–Crippen MR) is 148 cm³/mol. The van der Waals surface area contributed by atoms with Gasteiger partial charge in [-0.15, -0.1) is 0 Å². The molecule has 6 nitrogen and oxygen atoms in total. The van der Waals surface area contributed by atoms with Crippen molar-refractivity contribution in [2.24, 2.45) is 0 Å². The molecule has 1 fully saturated rings. The Morgan fingerprint density at radius 2 is 1.83 bits per heavy atom. The molecule has 4 rings (SSSR count). The van der Waals surface area contributed by atoms with Gasteiger partial charge in [0.15, 0.2) is 15.8 Å². The first-order valence-corrected chi connectivity index (χ1v) is 13.0. The molecule has 0 unspecified atom stereocenters. The van der Waals surface area contributed by atoms with Gasteiger partial charge in [0.25, 0.3) is 11.8 Å². The molecule has 0 bridgehead atoms. The second kappa shape index (κ2) is 11.4. The van der Waals surface area contributed by atoms with E-state index in [0.717, 1.165) is 36.8 Å². The summed E-state index contributed by atoms with van der Waals surface area (Å²) in [5.41, 5.74) is 4.73. The number of carbonyl (C=O) groups excluding carboxylic acids is 2. The molecule has 3 aromatic rings. The Morgan fingerprint density at radius 3 is 2.54 bits per heavy atom. The van der Waals surface area contributed by atoms with Gasteiger partial charge in [0.05, 0.1) is 12.0 Å². The lowest BCUT2D eigenvalue weighted by Crippen LogP contribution is -2.44. The first-order valence-electron chi connectivity index (χ1n) is 10.2. The van der Waals surface area contributed by atoms with Crippen molar-refractivity contribution < 1.29 is 19.1 Å². The van der Waals surface area contributed by atoms with Gasteiger partial charge in [-0.2, -0.15) is 5.01 Å². The van der Waals surface area contributed by atoms with Crippen LogP contribution in [0.25, 0.3) is 6.08 Å². The molecular weight excluding hydrogens is 616 g/mol. The van der Waals surface area contributed by atoms with E-state index in [1.807, 2.05) is 30.3 Å². The van der Waals surface area contributed by atoms with Crippen molar-refractivity contribution in [3.8, 4) is 11.5 Å². The van der Waals surface area contributed by atoms with Crippen LogP contribution in [0.2, 0.25) is 0 Å². The molecule has 0 aliphatic carbocycles. The van der Waals surface area contributed by atoms with Crippen LogP contribution in [-0.4, -0.2) is 28.3 Å². The Hall–Kier alpha value is -2.66. The van der Waals surface area contributed by atoms with Gasteiger partial charge in [-0.25, -0.2) is 0 Å². The second-order valence-corrected chi connectivity index (χ2v) is 10.8. The highest BCUT2D eigenvalue weighted by Gasteiger charge is 2.33. The van der Waals surface area contributed by atoms with Gasteiger partial charge >= 0.3 is 0 Å². The summed E-state index contributed by atoms with van der Waals surface area (Å²) < 4.78 is 13.5. The number of halogens is 2. The minimum Gasteiger partial charge on any atom is -0.493 e. The summed E-state index contributed by atoms with van der Waals surface area (Å²) >= 11 is 13.2. The molecule has 178 valence electrons. The summed E-state index contributed by atoms with van der Waals surface area (Å²) in [4.78, 5) is 25.8. The smallest absolute Gasteiger partial charge is 0.285 e. The first-order chi connectivity index (χ1) is 16.8. The molecule has 0 spiro atoms. The minimum absolute atomic E-state index is 0.243. The second-order valence-electron chi connectivity index (χ2n) is 7.29. The number of ether oxygens (including phenoxy) is 2. The number of nitrogens with zero attached hydrogens (tertiary/aromatic N) is 1. The fourth-order valence-corrected chi connectivity index (χ4v) is 5.05. The third kappa shape index (κ3) is 6.32. The van der Waals surface area contributed by atoms with E-state index in [-0.39, 0.29) is 4.32 Å². The molecule has 1 N–H and O–H groups in total. The van der Waals surface area contributed by atoms with Crippen LogP contribution in [0.15, 0.2) is 80.6 Å². The Labute approximate surface area is 228 Å². The summed E-state index contributed by atoms with van der Waals surface area (Å²) in [6.45, 7) is 0.381. The van der Waals surface area contributed by atoms with Gasteiger partial charge in [-0.3, -0.25) is 15.0 Å². The maximum Gasteiger partial charge on any atom is 0.285 e. The van der Waals surface area contributed by atoms with Crippen LogP contribution < -0.4 is 14.9 Å². The van der Waals surface area contributed by atoms with Crippen LogP contribution in [0.3, 0.4) is 0 Å². The van der Waals surface area contributed by atoms with Gasteiger partial charge in [0.1, 0.15) is 6.61 Å². The van der Waals surface area contributed by atoms with Crippen LogP contribution in [0.5, 0.6) is 11.5 Å². The number of hydrazine groups is 1. The highest BCUT2D eigenvalue weighted by Crippen LogP contribution is 2.34. The average molecular weight is 634 g/mol. The van der Waals surface area contributed by atoms with Crippen molar-refractivity contribution in [1.82, 2.24) is 10.4 Å².